The van der Waals surface area contributed by atoms with E-state index < -0.39 is 10.0 Å². The Balaban J connectivity index is 2.16. The molecule has 0 bridgehead atoms. The summed E-state index contributed by atoms with van der Waals surface area (Å²) in [6.45, 7) is 3.60. The van der Waals surface area contributed by atoms with Gasteiger partial charge < -0.3 is 10.3 Å². The van der Waals surface area contributed by atoms with Gasteiger partial charge in [-0.2, -0.15) is 0 Å². The zero-order valence-electron chi connectivity index (χ0n) is 10.5. The van der Waals surface area contributed by atoms with Gasteiger partial charge in [-0.1, -0.05) is 5.16 Å². The minimum absolute atomic E-state index is 0.0634. The summed E-state index contributed by atoms with van der Waals surface area (Å²) in [5.74, 6) is 0.861. The Labute approximate surface area is 110 Å². The Kier molecular flexibility index (Phi) is 3.54. The highest BCUT2D eigenvalue weighted by atomic mass is 32.2. The van der Waals surface area contributed by atoms with Crippen molar-refractivity contribution in [2.75, 3.05) is 5.73 Å². The molecule has 0 radical (unpaired) electrons. The highest BCUT2D eigenvalue weighted by molar-refractivity contribution is 7.89. The van der Waals surface area contributed by atoms with E-state index in [0.717, 1.165) is 5.56 Å². The molecule has 0 fully saturated rings. The number of rotatable bonds is 4. The lowest BCUT2D eigenvalue weighted by molar-refractivity contribution is 0.392. The molecule has 102 valence electrons. The molecule has 0 saturated carbocycles. The van der Waals surface area contributed by atoms with Gasteiger partial charge in [-0.25, -0.2) is 18.1 Å². The zero-order chi connectivity index (χ0) is 14.0. The number of aryl methyl sites for hydroxylation is 2. The van der Waals surface area contributed by atoms with Gasteiger partial charge >= 0.3 is 0 Å². The second-order valence-corrected chi connectivity index (χ2v) is 5.81. The number of nitrogens with two attached hydrogens (primary N) is 1. The van der Waals surface area contributed by atoms with Crippen molar-refractivity contribution in [3.8, 4) is 0 Å². The molecule has 0 aliphatic rings. The Morgan fingerprint density at radius 1 is 1.37 bits per heavy atom. The van der Waals surface area contributed by atoms with Gasteiger partial charge in [0.05, 0.1) is 5.69 Å². The number of anilines is 1. The summed E-state index contributed by atoms with van der Waals surface area (Å²) in [7, 11) is -3.62. The Morgan fingerprint density at radius 3 is 2.63 bits per heavy atom. The van der Waals surface area contributed by atoms with Crippen molar-refractivity contribution in [3.63, 3.8) is 0 Å². The SMILES string of the molecule is Cc1noc(C)c1CNS(=O)(=O)c1ccc(N)nc1. The van der Waals surface area contributed by atoms with E-state index in [-0.39, 0.29) is 17.3 Å². The van der Waals surface area contributed by atoms with E-state index >= 15 is 0 Å². The molecule has 19 heavy (non-hydrogen) atoms. The van der Waals surface area contributed by atoms with Crippen molar-refractivity contribution in [2.45, 2.75) is 25.3 Å². The minimum Gasteiger partial charge on any atom is -0.384 e. The van der Waals surface area contributed by atoms with Crippen LogP contribution in [0.3, 0.4) is 0 Å². The maximum Gasteiger partial charge on any atom is 0.242 e. The number of nitrogen functional groups attached to an aromatic ring is 1. The average molecular weight is 282 g/mol. The third-order valence-electron chi connectivity index (χ3n) is 2.69. The van der Waals surface area contributed by atoms with E-state index in [1.807, 2.05) is 0 Å². The molecule has 7 nitrogen and oxygen atoms in total. The van der Waals surface area contributed by atoms with Crippen LogP contribution < -0.4 is 10.5 Å². The van der Waals surface area contributed by atoms with Gasteiger partial charge in [0.1, 0.15) is 16.5 Å². The summed E-state index contributed by atoms with van der Waals surface area (Å²) in [4.78, 5) is 3.82. The molecule has 0 aromatic carbocycles. The van der Waals surface area contributed by atoms with Crippen LogP contribution in [0.2, 0.25) is 0 Å². The molecule has 3 N–H and O–H groups in total. The number of sulfonamides is 1. The molecule has 2 aromatic heterocycles. The molecule has 0 unspecified atom stereocenters. The summed E-state index contributed by atoms with van der Waals surface area (Å²) in [5.41, 5.74) is 6.81. The number of nitrogens with zero attached hydrogens (tertiary/aromatic N) is 2. The summed E-state index contributed by atoms with van der Waals surface area (Å²) in [6.07, 6.45) is 1.21. The molecular weight excluding hydrogens is 268 g/mol. The van der Waals surface area contributed by atoms with Crippen LogP contribution in [0, 0.1) is 13.8 Å². The lowest BCUT2D eigenvalue weighted by atomic mass is 10.2. The van der Waals surface area contributed by atoms with Gasteiger partial charge in [0.2, 0.25) is 10.0 Å². The van der Waals surface area contributed by atoms with Gasteiger partial charge in [0, 0.05) is 18.3 Å². The molecule has 0 saturated heterocycles. The lowest BCUT2D eigenvalue weighted by Crippen LogP contribution is -2.23. The average Bonchev–Trinajstić information content (AvgIpc) is 2.67. The second-order valence-electron chi connectivity index (χ2n) is 4.05. The van der Waals surface area contributed by atoms with Gasteiger partial charge in [0.25, 0.3) is 0 Å². The van der Waals surface area contributed by atoms with Crippen LogP contribution in [0.15, 0.2) is 27.7 Å². The van der Waals surface area contributed by atoms with Crippen molar-refractivity contribution < 1.29 is 12.9 Å². The second kappa shape index (κ2) is 4.98. The highest BCUT2D eigenvalue weighted by Gasteiger charge is 2.17. The van der Waals surface area contributed by atoms with Crippen molar-refractivity contribution in [1.82, 2.24) is 14.9 Å². The standard InChI is InChI=1S/C11H14N4O3S/c1-7-10(8(2)18-15-7)6-14-19(16,17)9-3-4-11(12)13-5-9/h3-5,14H,6H2,1-2H3,(H2,12,13). The number of hydrogen-bond donors (Lipinski definition) is 2. The first kappa shape index (κ1) is 13.5. The lowest BCUT2D eigenvalue weighted by Gasteiger charge is -2.06. The largest absolute Gasteiger partial charge is 0.384 e. The molecule has 2 heterocycles. The van der Waals surface area contributed by atoms with Crippen LogP contribution in [0.25, 0.3) is 0 Å². The Hall–Kier alpha value is -1.93. The van der Waals surface area contributed by atoms with E-state index in [1.54, 1.807) is 13.8 Å². The summed E-state index contributed by atoms with van der Waals surface area (Å²) in [5, 5.41) is 3.76. The zero-order valence-corrected chi connectivity index (χ0v) is 11.4. The first-order valence-corrected chi connectivity index (χ1v) is 7.01. The number of hydrogen-bond acceptors (Lipinski definition) is 6. The first-order chi connectivity index (χ1) is 8.90. The number of pyridine rings is 1. The highest BCUT2D eigenvalue weighted by Crippen LogP contribution is 2.14. The molecule has 0 spiro atoms. The van der Waals surface area contributed by atoms with Crippen LogP contribution in [0.4, 0.5) is 5.82 Å². The molecule has 8 heteroatoms. The van der Waals surface area contributed by atoms with Crippen molar-refractivity contribution >= 4 is 15.8 Å². The molecule has 2 aromatic rings. The van der Waals surface area contributed by atoms with Crippen molar-refractivity contribution in [2.24, 2.45) is 0 Å². The van der Waals surface area contributed by atoms with Gasteiger partial charge in [-0.15, -0.1) is 0 Å². The summed E-state index contributed by atoms with van der Waals surface area (Å²) < 4.78 is 31.5. The minimum atomic E-state index is -3.62. The monoisotopic (exact) mass is 282 g/mol. The van der Waals surface area contributed by atoms with E-state index in [9.17, 15) is 8.42 Å². The van der Waals surface area contributed by atoms with Gasteiger partial charge in [-0.3, -0.25) is 0 Å². The maximum absolute atomic E-state index is 12.0. The fourth-order valence-electron chi connectivity index (χ4n) is 1.56. The smallest absolute Gasteiger partial charge is 0.242 e. The molecule has 0 aliphatic carbocycles. The molecule has 2 rings (SSSR count). The first-order valence-electron chi connectivity index (χ1n) is 5.53. The van der Waals surface area contributed by atoms with Crippen LogP contribution in [0.1, 0.15) is 17.0 Å². The summed E-state index contributed by atoms with van der Waals surface area (Å²) in [6, 6.07) is 2.84. The van der Waals surface area contributed by atoms with Crippen molar-refractivity contribution in [1.29, 1.82) is 0 Å². The number of nitrogens with one attached hydrogen (secondary N) is 1. The summed E-state index contributed by atoms with van der Waals surface area (Å²) >= 11 is 0. The Morgan fingerprint density at radius 2 is 2.11 bits per heavy atom. The third kappa shape index (κ3) is 2.91. The van der Waals surface area contributed by atoms with E-state index in [1.165, 1.54) is 18.3 Å². The Bertz CT molecular complexity index is 657. The van der Waals surface area contributed by atoms with Gasteiger partial charge in [0.15, 0.2) is 0 Å². The van der Waals surface area contributed by atoms with Crippen LogP contribution in [-0.4, -0.2) is 18.6 Å². The van der Waals surface area contributed by atoms with Crippen LogP contribution in [0.5, 0.6) is 0 Å². The third-order valence-corrected chi connectivity index (χ3v) is 4.08. The molecular formula is C11H14N4O3S. The number of aromatic nitrogens is 2. The van der Waals surface area contributed by atoms with E-state index in [2.05, 4.69) is 14.9 Å². The fraction of sp³-hybridized carbons (Fsp3) is 0.273. The van der Waals surface area contributed by atoms with Crippen LogP contribution in [-0.2, 0) is 16.6 Å². The fourth-order valence-corrected chi connectivity index (χ4v) is 2.50. The molecule has 0 atom stereocenters. The predicted octanol–water partition coefficient (Wildman–Crippen LogP) is 0.747. The molecule has 0 aliphatic heterocycles. The maximum atomic E-state index is 12.0. The van der Waals surface area contributed by atoms with E-state index in [4.69, 9.17) is 10.3 Å². The van der Waals surface area contributed by atoms with Crippen molar-refractivity contribution in [3.05, 3.63) is 35.3 Å². The normalized spacial score (nSPS) is 11.7. The topological polar surface area (TPSA) is 111 Å². The predicted molar refractivity (Wildman–Crippen MR) is 68.7 cm³/mol. The quantitative estimate of drug-likeness (QED) is 0.855. The van der Waals surface area contributed by atoms with Gasteiger partial charge in [-0.05, 0) is 26.0 Å². The van der Waals surface area contributed by atoms with E-state index in [0.29, 0.717) is 11.5 Å². The molecule has 0 amide bonds. The van der Waals surface area contributed by atoms with Crippen LogP contribution >= 0.6 is 0 Å².